The number of alkyl carbamates (subject to hydrolysis) is 1. The molecule has 4 heterocycles. The number of nitrogens with zero attached hydrogens (tertiary/aromatic N) is 1. The standard InChI is InChI=1S/C48H48N4O8/c53-41-17-15-39(40-16-18-44(55)50-46(40)41)42(54)27-49-26-31-7-4-8-32(23-31)30-59-47(56)37-13-5-9-33(24-37)29-58-38-14-6-12-36(25-38)45(35-10-2-1-3-11-35)51-48(57)60-43-28-52-21-19-34(43)20-22-52/h1-18,23-25,34,42-43,45,49,53-54H,19-22,26-30H2,(H,50,55)(H,51,57)/t42?,43-,45?/m0/s1. The van der Waals surface area contributed by atoms with Crippen LogP contribution in [0.25, 0.3) is 10.9 Å². The fourth-order valence-electron chi connectivity index (χ4n) is 8.15. The molecule has 1 aromatic heterocycles. The van der Waals surface area contributed by atoms with Crippen LogP contribution in [0.4, 0.5) is 4.79 Å². The number of pyridine rings is 1. The molecular formula is C48H48N4O8. The molecule has 2 bridgehead atoms. The normalized spacial score (nSPS) is 18.1. The van der Waals surface area contributed by atoms with Gasteiger partial charge in [-0.1, -0.05) is 84.9 Å². The number of ether oxygens (including phenoxy) is 3. The minimum Gasteiger partial charge on any atom is -0.506 e. The van der Waals surface area contributed by atoms with Crippen LogP contribution in [0.2, 0.25) is 0 Å². The number of aliphatic hydroxyl groups excluding tert-OH is 1. The number of aromatic hydroxyl groups is 1. The molecule has 0 spiro atoms. The number of aromatic nitrogens is 1. The van der Waals surface area contributed by atoms with Gasteiger partial charge in [0.15, 0.2) is 0 Å². The molecule has 308 valence electrons. The Morgan fingerprint density at radius 3 is 2.35 bits per heavy atom. The number of amides is 1. The third-order valence-corrected chi connectivity index (χ3v) is 11.3. The fraction of sp³-hybridized carbons (Fsp3) is 0.271. The molecule has 5 aromatic carbocycles. The van der Waals surface area contributed by atoms with Gasteiger partial charge in [-0.05, 0) is 102 Å². The number of fused-ring (bicyclic) bond motifs is 4. The molecule has 12 heteroatoms. The largest absolute Gasteiger partial charge is 0.506 e. The Morgan fingerprint density at radius 2 is 1.55 bits per heavy atom. The smallest absolute Gasteiger partial charge is 0.408 e. The van der Waals surface area contributed by atoms with Crippen molar-refractivity contribution in [1.29, 1.82) is 0 Å². The Morgan fingerprint density at radius 1 is 0.800 bits per heavy atom. The molecule has 3 fully saturated rings. The third kappa shape index (κ3) is 9.86. The van der Waals surface area contributed by atoms with Gasteiger partial charge in [-0.25, -0.2) is 9.59 Å². The second kappa shape index (κ2) is 18.6. The molecule has 3 saturated heterocycles. The van der Waals surface area contributed by atoms with Gasteiger partial charge in [-0.2, -0.15) is 0 Å². The molecule has 5 N–H and O–H groups in total. The summed E-state index contributed by atoms with van der Waals surface area (Å²) in [5.74, 6) is 0.496. The molecule has 6 aromatic rings. The lowest BCUT2D eigenvalue weighted by Gasteiger charge is -2.43. The molecule has 0 radical (unpaired) electrons. The molecule has 2 unspecified atom stereocenters. The van der Waals surface area contributed by atoms with E-state index in [0.717, 1.165) is 60.3 Å². The van der Waals surface area contributed by atoms with E-state index in [1.807, 2.05) is 84.9 Å². The summed E-state index contributed by atoms with van der Waals surface area (Å²) < 4.78 is 17.9. The molecule has 1 amide bonds. The van der Waals surface area contributed by atoms with Crippen molar-refractivity contribution in [3.05, 3.63) is 177 Å². The van der Waals surface area contributed by atoms with Crippen LogP contribution in [-0.2, 0) is 29.2 Å². The maximum absolute atomic E-state index is 13.3. The second-order valence-electron chi connectivity index (χ2n) is 15.5. The summed E-state index contributed by atoms with van der Waals surface area (Å²) in [5.41, 5.74) is 5.24. The van der Waals surface area contributed by atoms with Gasteiger partial charge in [0, 0.05) is 31.1 Å². The first-order chi connectivity index (χ1) is 29.3. The molecule has 3 aliphatic rings. The first-order valence-corrected chi connectivity index (χ1v) is 20.3. The van der Waals surface area contributed by atoms with E-state index in [0.29, 0.717) is 34.7 Å². The number of aromatic amines is 1. The number of nitrogens with one attached hydrogen (secondary N) is 3. The van der Waals surface area contributed by atoms with Crippen LogP contribution < -0.4 is 20.9 Å². The number of hydrogen-bond donors (Lipinski definition) is 5. The number of hydrogen-bond acceptors (Lipinski definition) is 10. The van der Waals surface area contributed by atoms with Gasteiger partial charge in [0.2, 0.25) is 5.56 Å². The number of phenols is 1. The van der Waals surface area contributed by atoms with Crippen LogP contribution in [0.3, 0.4) is 0 Å². The number of phenolic OH excluding ortho intramolecular Hbond substituents is 1. The lowest BCUT2D eigenvalue weighted by molar-refractivity contribution is -0.0336. The lowest BCUT2D eigenvalue weighted by Crippen LogP contribution is -2.52. The predicted molar refractivity (Wildman–Crippen MR) is 227 cm³/mol. The van der Waals surface area contributed by atoms with Gasteiger partial charge in [0.05, 0.1) is 23.2 Å². The zero-order chi connectivity index (χ0) is 41.4. The quantitative estimate of drug-likeness (QED) is 0.0690. The van der Waals surface area contributed by atoms with E-state index in [4.69, 9.17) is 14.2 Å². The van der Waals surface area contributed by atoms with Gasteiger partial charge in [0.25, 0.3) is 0 Å². The number of benzene rings is 5. The number of esters is 1. The molecule has 3 aliphatic heterocycles. The molecule has 0 saturated carbocycles. The maximum Gasteiger partial charge on any atom is 0.408 e. The van der Waals surface area contributed by atoms with Crippen molar-refractivity contribution in [3.63, 3.8) is 0 Å². The Bertz CT molecular complexity index is 2500. The molecule has 12 nitrogen and oxygen atoms in total. The van der Waals surface area contributed by atoms with E-state index in [1.165, 1.54) is 12.1 Å². The van der Waals surface area contributed by atoms with E-state index in [-0.39, 0.29) is 42.7 Å². The average molecular weight is 809 g/mol. The summed E-state index contributed by atoms with van der Waals surface area (Å²) in [7, 11) is 0. The zero-order valence-electron chi connectivity index (χ0n) is 33.1. The van der Waals surface area contributed by atoms with E-state index >= 15 is 0 Å². The topological polar surface area (TPSA) is 162 Å². The summed E-state index contributed by atoms with van der Waals surface area (Å²) >= 11 is 0. The van der Waals surface area contributed by atoms with Gasteiger partial charge in [-0.15, -0.1) is 0 Å². The van der Waals surface area contributed by atoms with E-state index in [1.54, 1.807) is 30.3 Å². The number of carbonyl (C=O) groups excluding carboxylic acids is 2. The molecule has 60 heavy (non-hydrogen) atoms. The van der Waals surface area contributed by atoms with Crippen molar-refractivity contribution in [2.24, 2.45) is 5.92 Å². The summed E-state index contributed by atoms with van der Waals surface area (Å²) in [5, 5.41) is 28.0. The van der Waals surface area contributed by atoms with Crippen molar-refractivity contribution in [3.8, 4) is 11.5 Å². The van der Waals surface area contributed by atoms with Crippen LogP contribution >= 0.6 is 0 Å². The highest BCUT2D eigenvalue weighted by molar-refractivity contribution is 5.89. The zero-order valence-corrected chi connectivity index (χ0v) is 33.1. The van der Waals surface area contributed by atoms with Gasteiger partial charge in [-0.3, -0.25) is 9.69 Å². The van der Waals surface area contributed by atoms with E-state index in [2.05, 4.69) is 20.5 Å². The average Bonchev–Trinajstić information content (AvgIpc) is 3.28. The maximum atomic E-state index is 13.3. The van der Waals surface area contributed by atoms with E-state index in [9.17, 15) is 24.6 Å². The highest BCUT2D eigenvalue weighted by Crippen LogP contribution is 2.32. The van der Waals surface area contributed by atoms with Crippen LogP contribution in [0, 0.1) is 5.92 Å². The highest BCUT2D eigenvalue weighted by Gasteiger charge is 2.37. The number of aliphatic hydroxyl groups is 1. The van der Waals surface area contributed by atoms with Crippen molar-refractivity contribution < 1.29 is 34.0 Å². The van der Waals surface area contributed by atoms with Crippen molar-refractivity contribution in [2.45, 2.75) is 50.8 Å². The third-order valence-electron chi connectivity index (χ3n) is 11.3. The number of piperidine rings is 3. The monoisotopic (exact) mass is 808 g/mol. The Balaban J connectivity index is 0.839. The summed E-state index contributed by atoms with van der Waals surface area (Å²) in [6, 6.07) is 37.8. The number of H-pyrrole nitrogens is 1. The summed E-state index contributed by atoms with van der Waals surface area (Å²) in [6.07, 6.45) is 0.693. The minimum atomic E-state index is -0.888. The molecule has 0 aliphatic carbocycles. The minimum absolute atomic E-state index is 0.0637. The molecule has 3 atom stereocenters. The Hall–Kier alpha value is -6.47. The van der Waals surface area contributed by atoms with Gasteiger partial charge >= 0.3 is 12.1 Å². The first-order valence-electron chi connectivity index (χ1n) is 20.3. The highest BCUT2D eigenvalue weighted by atomic mass is 16.6. The fourth-order valence-corrected chi connectivity index (χ4v) is 8.15. The molecule has 9 rings (SSSR count). The number of rotatable bonds is 15. The Kier molecular flexibility index (Phi) is 12.5. The SMILES string of the molecule is O=C(NC(c1ccccc1)c1cccc(OCc2cccc(C(=O)OCc3cccc(CNCC(O)c4ccc(O)c5[nH]c(=O)ccc45)c3)c2)c1)O[C@H]1CN2CCC1CC2. The van der Waals surface area contributed by atoms with Crippen LogP contribution in [-0.4, -0.2) is 64.4 Å². The summed E-state index contributed by atoms with van der Waals surface area (Å²) in [4.78, 5) is 43.2. The van der Waals surface area contributed by atoms with Crippen LogP contribution in [0.5, 0.6) is 11.5 Å². The van der Waals surface area contributed by atoms with Crippen LogP contribution in [0.1, 0.15) is 68.7 Å². The predicted octanol–water partition coefficient (Wildman–Crippen LogP) is 6.90. The van der Waals surface area contributed by atoms with Gasteiger partial charge < -0.3 is 40.0 Å². The van der Waals surface area contributed by atoms with Crippen molar-refractivity contribution in [2.75, 3.05) is 26.2 Å². The first kappa shape index (κ1) is 40.3. The van der Waals surface area contributed by atoms with Crippen molar-refractivity contribution in [1.82, 2.24) is 20.5 Å². The number of carbonyl (C=O) groups is 2. The van der Waals surface area contributed by atoms with E-state index < -0.39 is 24.2 Å². The Labute approximate surface area is 347 Å². The molecular weight excluding hydrogens is 761 g/mol. The second-order valence-corrected chi connectivity index (χ2v) is 15.5. The van der Waals surface area contributed by atoms with Gasteiger partial charge in [0.1, 0.15) is 30.8 Å². The summed E-state index contributed by atoms with van der Waals surface area (Å²) in [6.45, 7) is 3.89. The van der Waals surface area contributed by atoms with Crippen molar-refractivity contribution >= 4 is 23.0 Å². The lowest BCUT2D eigenvalue weighted by atomic mass is 9.86. The van der Waals surface area contributed by atoms with Crippen LogP contribution in [0.15, 0.2) is 132 Å².